The first-order valence-electron chi connectivity index (χ1n) is 5.81. The predicted molar refractivity (Wildman–Crippen MR) is 78.6 cm³/mol. The minimum absolute atomic E-state index is 0.108. The van der Waals surface area contributed by atoms with Gasteiger partial charge in [0.2, 0.25) is 0 Å². The van der Waals surface area contributed by atoms with Crippen LogP contribution in [0.2, 0.25) is 0 Å². The van der Waals surface area contributed by atoms with Crippen molar-refractivity contribution >= 4 is 21.9 Å². The summed E-state index contributed by atoms with van der Waals surface area (Å²) < 4.78 is 32.6. The highest BCUT2D eigenvalue weighted by Crippen LogP contribution is 2.15. The normalized spacial score (nSPS) is 11.7. The van der Waals surface area contributed by atoms with Gasteiger partial charge in [0, 0.05) is 11.9 Å². The number of methoxy groups -OCH3 is 1. The van der Waals surface area contributed by atoms with Crippen molar-refractivity contribution in [1.82, 2.24) is 0 Å². The third-order valence-electron chi connectivity index (χ3n) is 2.63. The molecule has 0 saturated heterocycles. The molecule has 0 aliphatic rings. The maximum absolute atomic E-state index is 12.0. The first-order valence-corrected chi connectivity index (χ1v) is 7.25. The van der Waals surface area contributed by atoms with Gasteiger partial charge in [-0.2, -0.15) is 12.8 Å². The van der Waals surface area contributed by atoms with E-state index in [0.717, 1.165) is 0 Å². The van der Waals surface area contributed by atoms with Crippen LogP contribution in [0.4, 0.5) is 5.69 Å². The molecule has 2 aromatic carbocycles. The van der Waals surface area contributed by atoms with Crippen LogP contribution in [0.25, 0.3) is 0 Å². The summed E-state index contributed by atoms with van der Waals surface area (Å²) in [5, 5.41) is 0. The first kappa shape index (κ1) is 14.1. The summed E-state index contributed by atoms with van der Waals surface area (Å²) in [6.45, 7) is 0. The fourth-order valence-electron chi connectivity index (χ4n) is 1.52. The van der Waals surface area contributed by atoms with E-state index in [1.54, 1.807) is 31.4 Å². The fourth-order valence-corrected chi connectivity index (χ4v) is 2.38. The molecule has 2 rings (SSSR count). The van der Waals surface area contributed by atoms with E-state index in [-0.39, 0.29) is 4.90 Å². The van der Waals surface area contributed by atoms with Crippen LogP contribution in [0.5, 0.6) is 5.75 Å². The summed E-state index contributed by atoms with van der Waals surface area (Å²) in [4.78, 5) is 0.108. The van der Waals surface area contributed by atoms with Crippen LogP contribution < -0.4 is 10.5 Å². The number of sulfonamides is 1. The molecule has 104 valence electrons. The molecule has 0 spiro atoms. The maximum Gasteiger partial charge on any atom is 0.282 e. The smallest absolute Gasteiger partial charge is 0.282 e. The number of hydrogen-bond donors (Lipinski definition) is 1. The Morgan fingerprint density at radius 2 is 1.65 bits per heavy atom. The lowest BCUT2D eigenvalue weighted by molar-refractivity contribution is 0.415. The van der Waals surface area contributed by atoms with E-state index in [4.69, 9.17) is 10.5 Å². The molecule has 0 heterocycles. The van der Waals surface area contributed by atoms with Gasteiger partial charge in [-0.25, -0.2) is 0 Å². The van der Waals surface area contributed by atoms with Gasteiger partial charge in [0.15, 0.2) is 0 Å². The average Bonchev–Trinajstić information content (AvgIpc) is 2.46. The molecule has 2 aromatic rings. The average molecular weight is 290 g/mol. The number of hydrogen-bond acceptors (Lipinski definition) is 4. The van der Waals surface area contributed by atoms with Gasteiger partial charge in [0.25, 0.3) is 10.0 Å². The summed E-state index contributed by atoms with van der Waals surface area (Å²) in [5.41, 5.74) is 6.69. The molecule has 20 heavy (non-hydrogen) atoms. The highest BCUT2D eigenvalue weighted by Gasteiger charge is 2.10. The van der Waals surface area contributed by atoms with E-state index < -0.39 is 10.0 Å². The second kappa shape index (κ2) is 5.75. The minimum Gasteiger partial charge on any atom is -0.497 e. The highest BCUT2D eigenvalue weighted by atomic mass is 32.2. The van der Waals surface area contributed by atoms with Crippen LogP contribution >= 0.6 is 0 Å². The Bertz CT molecular complexity index is 705. The second-order valence-corrected chi connectivity index (χ2v) is 5.68. The number of nitrogens with two attached hydrogens (primary N) is 1. The molecule has 0 aliphatic heterocycles. The standard InChI is InChI=1S/C14H14N2O3S/c1-19-13-6-2-11(3-7-13)10-16-20(17,18)14-8-4-12(15)5-9-14/h2-10H,15H2,1H3. The van der Waals surface area contributed by atoms with Crippen LogP contribution in [-0.4, -0.2) is 21.7 Å². The van der Waals surface area contributed by atoms with Crippen molar-refractivity contribution in [3.8, 4) is 5.75 Å². The van der Waals surface area contributed by atoms with Gasteiger partial charge in [-0.3, -0.25) is 0 Å². The van der Waals surface area contributed by atoms with Crippen LogP contribution in [0.15, 0.2) is 57.8 Å². The summed E-state index contributed by atoms with van der Waals surface area (Å²) in [7, 11) is -2.14. The predicted octanol–water partition coefficient (Wildman–Crippen LogP) is 2.09. The number of ether oxygens (including phenoxy) is 1. The molecule has 2 N–H and O–H groups in total. The molecular formula is C14H14N2O3S. The fraction of sp³-hybridized carbons (Fsp3) is 0.0714. The van der Waals surface area contributed by atoms with Crippen LogP contribution in [-0.2, 0) is 10.0 Å². The van der Waals surface area contributed by atoms with E-state index in [9.17, 15) is 8.42 Å². The topological polar surface area (TPSA) is 81.8 Å². The van der Waals surface area contributed by atoms with Gasteiger partial charge in [-0.15, -0.1) is 0 Å². The van der Waals surface area contributed by atoms with Gasteiger partial charge in [0.05, 0.1) is 12.0 Å². The summed E-state index contributed by atoms with van der Waals surface area (Å²) in [6, 6.07) is 12.8. The zero-order valence-corrected chi connectivity index (χ0v) is 11.7. The number of nitrogen functional groups attached to an aromatic ring is 1. The maximum atomic E-state index is 12.0. The van der Waals surface area contributed by atoms with Crippen LogP contribution in [0.3, 0.4) is 0 Å². The van der Waals surface area contributed by atoms with Crippen molar-refractivity contribution < 1.29 is 13.2 Å². The van der Waals surface area contributed by atoms with E-state index in [1.807, 2.05) is 0 Å². The molecule has 0 bridgehead atoms. The first-order chi connectivity index (χ1) is 9.51. The van der Waals surface area contributed by atoms with Gasteiger partial charge in [-0.05, 0) is 54.1 Å². The van der Waals surface area contributed by atoms with Gasteiger partial charge < -0.3 is 10.5 Å². The molecule has 5 nitrogen and oxygen atoms in total. The van der Waals surface area contributed by atoms with Gasteiger partial charge in [-0.1, -0.05) is 0 Å². The quantitative estimate of drug-likeness (QED) is 0.690. The zero-order chi connectivity index (χ0) is 14.6. The minimum atomic E-state index is -3.71. The Morgan fingerprint density at radius 1 is 1.05 bits per heavy atom. The van der Waals surface area contributed by atoms with Crippen LogP contribution in [0.1, 0.15) is 5.56 Å². The molecule has 0 atom stereocenters. The van der Waals surface area contributed by atoms with E-state index >= 15 is 0 Å². The largest absolute Gasteiger partial charge is 0.497 e. The summed E-state index contributed by atoms with van der Waals surface area (Å²) in [5.74, 6) is 0.698. The SMILES string of the molecule is COc1ccc(C=NS(=O)(=O)c2ccc(N)cc2)cc1. The third kappa shape index (κ3) is 3.36. The number of rotatable bonds is 4. The lowest BCUT2D eigenvalue weighted by atomic mass is 10.2. The zero-order valence-electron chi connectivity index (χ0n) is 10.9. The van der Waals surface area contributed by atoms with Crippen molar-refractivity contribution in [3.63, 3.8) is 0 Å². The van der Waals surface area contributed by atoms with Crippen molar-refractivity contribution in [2.24, 2.45) is 4.40 Å². The third-order valence-corrected chi connectivity index (χ3v) is 3.89. The molecule has 0 amide bonds. The van der Waals surface area contributed by atoms with Crippen molar-refractivity contribution in [1.29, 1.82) is 0 Å². The summed E-state index contributed by atoms with van der Waals surface area (Å²) >= 11 is 0. The lowest BCUT2D eigenvalue weighted by Crippen LogP contribution is -1.98. The highest BCUT2D eigenvalue weighted by molar-refractivity contribution is 7.90. The van der Waals surface area contributed by atoms with E-state index in [2.05, 4.69) is 4.40 Å². The summed E-state index contributed by atoms with van der Waals surface area (Å²) in [6.07, 6.45) is 1.30. The Labute approximate surface area is 117 Å². The monoisotopic (exact) mass is 290 g/mol. The van der Waals surface area contributed by atoms with E-state index in [1.165, 1.54) is 30.5 Å². The Morgan fingerprint density at radius 3 is 2.20 bits per heavy atom. The molecule has 0 aliphatic carbocycles. The Hall–Kier alpha value is -2.34. The molecular weight excluding hydrogens is 276 g/mol. The Balaban J connectivity index is 2.22. The molecule has 6 heteroatoms. The van der Waals surface area contributed by atoms with Crippen molar-refractivity contribution in [2.75, 3.05) is 12.8 Å². The molecule has 0 radical (unpaired) electrons. The van der Waals surface area contributed by atoms with Gasteiger partial charge >= 0.3 is 0 Å². The second-order valence-electron chi connectivity index (χ2n) is 4.05. The van der Waals surface area contributed by atoms with Crippen molar-refractivity contribution in [3.05, 3.63) is 54.1 Å². The lowest BCUT2D eigenvalue weighted by Gasteiger charge is -2.00. The Kier molecular flexibility index (Phi) is 4.05. The number of nitrogens with zero attached hydrogens (tertiary/aromatic N) is 1. The number of benzene rings is 2. The molecule has 0 fully saturated rings. The molecule has 0 aromatic heterocycles. The van der Waals surface area contributed by atoms with Crippen molar-refractivity contribution in [2.45, 2.75) is 4.90 Å². The van der Waals surface area contributed by atoms with Gasteiger partial charge in [0.1, 0.15) is 5.75 Å². The molecule has 0 unspecified atom stereocenters. The van der Waals surface area contributed by atoms with E-state index in [0.29, 0.717) is 17.0 Å². The van der Waals surface area contributed by atoms with Crippen LogP contribution in [0, 0.1) is 0 Å². The molecule has 0 saturated carbocycles. The number of anilines is 1.